The van der Waals surface area contributed by atoms with Crippen molar-refractivity contribution in [3.63, 3.8) is 0 Å². The fourth-order valence-electron chi connectivity index (χ4n) is 5.11. The lowest BCUT2D eigenvalue weighted by molar-refractivity contribution is -0.130. The maximum Gasteiger partial charge on any atom is 0.266 e. The van der Waals surface area contributed by atoms with Crippen LogP contribution in [0.3, 0.4) is 0 Å². The van der Waals surface area contributed by atoms with Crippen LogP contribution in [0.4, 0.5) is 0 Å². The van der Waals surface area contributed by atoms with Crippen molar-refractivity contribution >= 4 is 21.6 Å². The van der Waals surface area contributed by atoms with E-state index in [2.05, 4.69) is 10.9 Å². The molecule has 5 rings (SSSR count). The summed E-state index contributed by atoms with van der Waals surface area (Å²) in [5.41, 5.74) is 6.30. The Labute approximate surface area is 268 Å². The van der Waals surface area contributed by atoms with Crippen molar-refractivity contribution in [2.24, 2.45) is 4.99 Å². The molecule has 0 spiro atoms. The number of carbonyl (C=O) groups is 1. The molecule has 0 bridgehead atoms. The summed E-state index contributed by atoms with van der Waals surface area (Å²) >= 11 is 0. The van der Waals surface area contributed by atoms with E-state index in [9.17, 15) is 13.2 Å². The molecule has 0 radical (unpaired) electrons. The van der Waals surface area contributed by atoms with Gasteiger partial charge in [-0.15, -0.1) is 0 Å². The van der Waals surface area contributed by atoms with Gasteiger partial charge in [0.1, 0.15) is 11.5 Å². The van der Waals surface area contributed by atoms with Crippen LogP contribution in [0.25, 0.3) is 0 Å². The molecule has 3 N–H and O–H groups in total. The Morgan fingerprint density at radius 3 is 2.22 bits per heavy atom. The van der Waals surface area contributed by atoms with E-state index in [0.29, 0.717) is 42.2 Å². The molecule has 1 aliphatic rings. The number of carbonyl (C=O) groups excluding carboxylic acids is 1. The molecule has 0 aliphatic carbocycles. The van der Waals surface area contributed by atoms with Crippen LogP contribution in [-0.4, -0.2) is 56.9 Å². The molecule has 10 nitrogen and oxygen atoms in total. The van der Waals surface area contributed by atoms with Crippen molar-refractivity contribution in [3.05, 3.63) is 126 Å². The van der Waals surface area contributed by atoms with Crippen LogP contribution >= 0.6 is 0 Å². The number of amides is 1. The topological polar surface area (TPSA) is 136 Å². The minimum absolute atomic E-state index is 0.0305. The maximum absolute atomic E-state index is 14.3. The second-order valence-electron chi connectivity index (χ2n) is 10.7. The van der Waals surface area contributed by atoms with E-state index in [0.717, 1.165) is 5.56 Å². The predicted octanol–water partition coefficient (Wildman–Crippen LogP) is 4.40. The molecule has 0 unspecified atom stereocenters. The number of rotatable bonds is 15. The number of aliphatic hydroxyl groups excluding tert-OH is 1. The molecule has 4 aromatic rings. The third kappa shape index (κ3) is 7.74. The summed E-state index contributed by atoms with van der Waals surface area (Å²) in [6, 6.07) is 31.8. The van der Waals surface area contributed by atoms with E-state index >= 15 is 0 Å². The first kappa shape index (κ1) is 32.7. The van der Waals surface area contributed by atoms with Gasteiger partial charge in [0.15, 0.2) is 21.5 Å². The molecule has 240 valence electrons. The molecule has 11 heteroatoms. The summed E-state index contributed by atoms with van der Waals surface area (Å²) in [4.78, 5) is 19.3. The Kier molecular flexibility index (Phi) is 10.7. The highest BCUT2D eigenvalue weighted by molar-refractivity contribution is 7.91. The predicted molar refractivity (Wildman–Crippen MR) is 174 cm³/mol. The number of hydrazine groups is 1. The quantitative estimate of drug-likeness (QED) is 0.128. The lowest BCUT2D eigenvalue weighted by Crippen LogP contribution is -2.53. The molecule has 4 aromatic carbocycles. The molecule has 2 atom stereocenters. The lowest BCUT2D eigenvalue weighted by atomic mass is 9.85. The first-order valence-corrected chi connectivity index (χ1v) is 16.6. The monoisotopic (exact) mass is 643 g/mol. The van der Waals surface area contributed by atoms with Crippen LogP contribution in [0.5, 0.6) is 11.5 Å². The van der Waals surface area contributed by atoms with Gasteiger partial charge in [-0.1, -0.05) is 60.7 Å². The minimum atomic E-state index is -3.77. The standard InChI is InChI=1S/C35H37N3O7S/c1-43-29-17-13-26(14-18-29)25-36-38-34(40)35(21-24-46(41,42)31-11-6-3-7-12-31)32(27-9-4-2-5-10-27)45-33(37-35)28-15-19-30(20-16-28)44-23-8-22-39/h2-7,9-20,32,36,39H,8,21-25H2,1H3,(H,38,40)/t32-,35-/m0/s1. The number of hydrogen-bond donors (Lipinski definition) is 3. The molecule has 1 heterocycles. The number of hydrogen-bond acceptors (Lipinski definition) is 9. The molecule has 0 aromatic heterocycles. The summed E-state index contributed by atoms with van der Waals surface area (Å²) in [5, 5.41) is 9.04. The summed E-state index contributed by atoms with van der Waals surface area (Å²) in [6.45, 7) is 0.702. The number of ether oxygens (including phenoxy) is 3. The van der Waals surface area contributed by atoms with Crippen LogP contribution in [0, 0.1) is 0 Å². The van der Waals surface area contributed by atoms with E-state index in [1.165, 1.54) is 12.1 Å². The van der Waals surface area contributed by atoms with Crippen LogP contribution < -0.4 is 20.3 Å². The van der Waals surface area contributed by atoms with E-state index in [1.807, 2.05) is 54.6 Å². The molecule has 0 saturated heterocycles. The number of aliphatic imine (C=N–C) groups is 1. The molecule has 0 fully saturated rings. The normalized spacial score (nSPS) is 17.5. The van der Waals surface area contributed by atoms with Gasteiger partial charge in [0.05, 0.1) is 24.4 Å². The molecule has 46 heavy (non-hydrogen) atoms. The average molecular weight is 644 g/mol. The Balaban J connectivity index is 1.48. The highest BCUT2D eigenvalue weighted by Gasteiger charge is 2.53. The Morgan fingerprint density at radius 1 is 0.913 bits per heavy atom. The van der Waals surface area contributed by atoms with Crippen molar-refractivity contribution in [1.82, 2.24) is 10.9 Å². The maximum atomic E-state index is 14.3. The third-order valence-corrected chi connectivity index (χ3v) is 9.37. The Hall–Kier alpha value is -4.71. The number of aliphatic hydroxyl groups is 1. The molecule has 0 saturated carbocycles. The zero-order valence-electron chi connectivity index (χ0n) is 25.5. The van der Waals surface area contributed by atoms with E-state index < -0.39 is 27.4 Å². The largest absolute Gasteiger partial charge is 0.497 e. The van der Waals surface area contributed by atoms with Gasteiger partial charge in [-0.3, -0.25) is 10.2 Å². The van der Waals surface area contributed by atoms with Crippen molar-refractivity contribution in [2.75, 3.05) is 26.1 Å². The average Bonchev–Trinajstić information content (AvgIpc) is 3.50. The molecule has 1 aliphatic heterocycles. The van der Waals surface area contributed by atoms with Gasteiger partial charge in [0.25, 0.3) is 5.91 Å². The summed E-state index contributed by atoms with van der Waals surface area (Å²) in [5.74, 6) is 0.655. The smallest absolute Gasteiger partial charge is 0.266 e. The first-order chi connectivity index (χ1) is 22.3. The Morgan fingerprint density at radius 2 is 1.57 bits per heavy atom. The van der Waals surface area contributed by atoms with Crippen molar-refractivity contribution < 1.29 is 32.5 Å². The van der Waals surface area contributed by atoms with E-state index in [4.69, 9.17) is 24.3 Å². The zero-order valence-corrected chi connectivity index (χ0v) is 26.3. The van der Waals surface area contributed by atoms with Gasteiger partial charge in [0, 0.05) is 31.6 Å². The van der Waals surface area contributed by atoms with Gasteiger partial charge in [0.2, 0.25) is 5.90 Å². The van der Waals surface area contributed by atoms with Gasteiger partial charge in [-0.2, -0.15) is 0 Å². The van der Waals surface area contributed by atoms with Crippen LogP contribution in [0.15, 0.2) is 119 Å². The highest BCUT2D eigenvalue weighted by atomic mass is 32.2. The van der Waals surface area contributed by atoms with Crippen molar-refractivity contribution in [2.45, 2.75) is 35.9 Å². The van der Waals surface area contributed by atoms with E-state index in [-0.39, 0.29) is 29.6 Å². The summed E-state index contributed by atoms with van der Waals surface area (Å²) < 4.78 is 44.3. The molecule has 1 amide bonds. The highest BCUT2D eigenvalue weighted by Crippen LogP contribution is 2.43. The van der Waals surface area contributed by atoms with Crippen molar-refractivity contribution in [3.8, 4) is 11.5 Å². The fourth-order valence-corrected chi connectivity index (χ4v) is 6.50. The number of nitrogens with zero attached hydrogens (tertiary/aromatic N) is 1. The number of methoxy groups -OCH3 is 1. The fraction of sp³-hybridized carbons (Fsp3) is 0.257. The number of nitrogens with one attached hydrogen (secondary N) is 2. The van der Waals surface area contributed by atoms with Crippen LogP contribution in [0.2, 0.25) is 0 Å². The van der Waals surface area contributed by atoms with Crippen molar-refractivity contribution in [1.29, 1.82) is 0 Å². The second kappa shape index (κ2) is 15.0. The van der Waals surface area contributed by atoms with Gasteiger partial charge >= 0.3 is 0 Å². The van der Waals surface area contributed by atoms with Crippen LogP contribution in [-0.2, 0) is 25.9 Å². The summed E-state index contributed by atoms with van der Waals surface area (Å²) in [7, 11) is -2.17. The first-order valence-electron chi connectivity index (χ1n) is 14.9. The van der Waals surface area contributed by atoms with Gasteiger partial charge in [-0.25, -0.2) is 18.8 Å². The van der Waals surface area contributed by atoms with Gasteiger partial charge in [-0.05, 0) is 59.7 Å². The SMILES string of the molecule is COc1ccc(CNNC(=O)[C@@]2(CCS(=O)(=O)c3ccccc3)N=C(c3ccc(OCCCO)cc3)O[C@H]2c2ccccc2)cc1. The molecular weight excluding hydrogens is 606 g/mol. The van der Waals surface area contributed by atoms with E-state index in [1.54, 1.807) is 49.6 Å². The molecular formula is C35H37N3O7S. The number of benzene rings is 4. The third-order valence-electron chi connectivity index (χ3n) is 7.64. The van der Waals surface area contributed by atoms with Gasteiger partial charge < -0.3 is 19.3 Å². The lowest BCUT2D eigenvalue weighted by Gasteiger charge is -2.30. The zero-order chi connectivity index (χ0) is 32.4. The number of sulfone groups is 1. The Bertz CT molecular complexity index is 1720. The second-order valence-corrected chi connectivity index (χ2v) is 12.8. The minimum Gasteiger partial charge on any atom is -0.497 e. The summed E-state index contributed by atoms with van der Waals surface area (Å²) in [6.07, 6.45) is -0.559. The van der Waals surface area contributed by atoms with Crippen LogP contribution in [0.1, 0.15) is 35.6 Å².